The molecule has 0 radical (unpaired) electrons. The summed E-state index contributed by atoms with van der Waals surface area (Å²) in [6.07, 6.45) is 2.18. The molecule has 0 aliphatic heterocycles. The summed E-state index contributed by atoms with van der Waals surface area (Å²) in [6, 6.07) is 1.05. The second-order valence-corrected chi connectivity index (χ2v) is 2.07. The smallest absolute Gasteiger partial charge is 0.337 e. The van der Waals surface area contributed by atoms with E-state index in [9.17, 15) is 9.59 Å². The molecule has 68 valence electrons. The van der Waals surface area contributed by atoms with Crippen LogP contribution in [0, 0.1) is 0 Å². The molecule has 2 N–H and O–H groups in total. The van der Waals surface area contributed by atoms with Gasteiger partial charge in [0.2, 0.25) is 0 Å². The molecule has 5 nitrogen and oxygen atoms in total. The minimum atomic E-state index is -1.19. The van der Waals surface area contributed by atoms with E-state index in [2.05, 4.69) is 4.98 Å². The second-order valence-electron chi connectivity index (χ2n) is 2.07. The number of hydrogen-bond acceptors (Lipinski definition) is 3. The van der Waals surface area contributed by atoms with Gasteiger partial charge in [-0.25, -0.2) is 9.59 Å². The Morgan fingerprint density at radius 1 is 1.08 bits per heavy atom. The molecule has 0 bridgehead atoms. The highest BCUT2D eigenvalue weighted by Gasteiger charge is 2.07. The fraction of sp³-hybridized carbons (Fsp3) is 0. The molecule has 1 aromatic rings. The van der Waals surface area contributed by atoms with E-state index in [1.165, 1.54) is 0 Å². The predicted molar refractivity (Wildman–Crippen MR) is 48.1 cm³/mol. The van der Waals surface area contributed by atoms with Gasteiger partial charge < -0.3 is 10.2 Å². The lowest BCUT2D eigenvalue weighted by Gasteiger charge is -1.94. The summed E-state index contributed by atoms with van der Waals surface area (Å²) in [6.45, 7) is 0. The maximum Gasteiger partial charge on any atom is 0.337 e. The van der Waals surface area contributed by atoms with E-state index in [1.807, 2.05) is 0 Å². The Morgan fingerprint density at radius 2 is 1.46 bits per heavy atom. The quantitative estimate of drug-likeness (QED) is 0.612. The average Bonchev–Trinajstić information content (AvgIpc) is 2.04. The maximum absolute atomic E-state index is 10.3. The molecule has 0 aliphatic carbocycles. The first kappa shape index (κ1) is 11.6. The molecule has 0 aliphatic rings. The molecule has 0 saturated heterocycles. The Labute approximate surface area is 84.2 Å². The molecule has 0 amide bonds. The molecule has 1 aromatic heterocycles. The monoisotopic (exact) mass is 197 g/mol. The Hall–Kier alpha value is -1.38. The van der Waals surface area contributed by atoms with Crippen LogP contribution in [0.2, 0.25) is 0 Å². The zero-order valence-corrected chi connectivity index (χ0v) is 5.89. The van der Waals surface area contributed by atoms with E-state index >= 15 is 0 Å². The van der Waals surface area contributed by atoms with E-state index in [0.717, 1.165) is 18.5 Å². The first-order valence-corrected chi connectivity index (χ1v) is 3.03. The van der Waals surface area contributed by atoms with Crippen molar-refractivity contribution < 1.29 is 19.8 Å². The molecule has 0 atom stereocenters. The third-order valence-corrected chi connectivity index (χ3v) is 1.23. The number of rotatable bonds is 2. The van der Waals surface area contributed by atoms with Crippen LogP contribution in [-0.4, -0.2) is 44.5 Å². The molecule has 0 aromatic carbocycles. The van der Waals surface area contributed by atoms with E-state index < -0.39 is 11.9 Å². The third kappa shape index (κ3) is 2.86. The summed E-state index contributed by atoms with van der Waals surface area (Å²) in [5, 5.41) is 16.9. The van der Waals surface area contributed by atoms with Gasteiger partial charge in [-0.3, -0.25) is 4.98 Å². The average molecular weight is 197 g/mol. The van der Waals surface area contributed by atoms with Crippen molar-refractivity contribution in [3.63, 3.8) is 0 Å². The number of carboxylic acid groups (broad SMARTS) is 2. The van der Waals surface area contributed by atoms with Crippen LogP contribution in [0.25, 0.3) is 0 Å². The van der Waals surface area contributed by atoms with Gasteiger partial charge in [0.15, 0.2) is 17.4 Å². The van der Waals surface area contributed by atoms with Crippen LogP contribution < -0.4 is 0 Å². The van der Waals surface area contributed by atoms with Crippen molar-refractivity contribution in [2.45, 2.75) is 0 Å². The highest BCUT2D eigenvalue weighted by Crippen LogP contribution is 2.01. The lowest BCUT2D eigenvalue weighted by Crippen LogP contribution is -2.02. The number of hydrogen-bond donors (Lipinski definition) is 2. The van der Waals surface area contributed by atoms with Crippen LogP contribution >= 0.6 is 0 Å². The molecule has 1 rings (SSSR count). The minimum Gasteiger partial charge on any atom is -0.478 e. The summed E-state index contributed by atoms with van der Waals surface area (Å²) in [5.41, 5.74) is -0.259. The van der Waals surface area contributed by atoms with E-state index in [4.69, 9.17) is 10.2 Å². The van der Waals surface area contributed by atoms with E-state index in [0.29, 0.717) is 0 Å². The highest BCUT2D eigenvalue weighted by molar-refractivity contribution is 5.92. The molecule has 13 heavy (non-hydrogen) atoms. The highest BCUT2D eigenvalue weighted by atomic mass is 27.0. The number of aromatic carboxylic acids is 2. The predicted octanol–water partition coefficient (Wildman–Crippen LogP) is -0.706. The maximum atomic E-state index is 10.3. The van der Waals surface area contributed by atoms with Crippen molar-refractivity contribution in [2.75, 3.05) is 0 Å². The normalized spacial score (nSPS) is 8.62. The first-order chi connectivity index (χ1) is 5.61. The van der Waals surface area contributed by atoms with Crippen molar-refractivity contribution in [1.82, 2.24) is 4.98 Å². The largest absolute Gasteiger partial charge is 0.478 e. The topological polar surface area (TPSA) is 87.5 Å². The van der Waals surface area contributed by atoms with Gasteiger partial charge in [-0.2, -0.15) is 0 Å². The lowest BCUT2D eigenvalue weighted by molar-refractivity contribution is 0.0696. The van der Waals surface area contributed by atoms with Crippen LogP contribution in [0.5, 0.6) is 0 Å². The van der Waals surface area contributed by atoms with Gasteiger partial charge in [0.05, 0.1) is 11.1 Å². The van der Waals surface area contributed by atoms with Crippen LogP contribution in [0.3, 0.4) is 0 Å². The second kappa shape index (κ2) is 4.60. The van der Waals surface area contributed by atoms with Gasteiger partial charge in [0.1, 0.15) is 0 Å². The molecule has 0 spiro atoms. The molecular formula is C7H8AlNO4. The van der Waals surface area contributed by atoms with Gasteiger partial charge >= 0.3 is 11.9 Å². The van der Waals surface area contributed by atoms with Crippen LogP contribution in [0.15, 0.2) is 18.5 Å². The van der Waals surface area contributed by atoms with Gasteiger partial charge in [0, 0.05) is 12.4 Å². The van der Waals surface area contributed by atoms with Crippen molar-refractivity contribution >= 4 is 29.3 Å². The fourth-order valence-corrected chi connectivity index (χ4v) is 0.674. The molecule has 0 saturated carbocycles. The summed E-state index contributed by atoms with van der Waals surface area (Å²) < 4.78 is 0. The van der Waals surface area contributed by atoms with Gasteiger partial charge in [0.25, 0.3) is 0 Å². The molecular weight excluding hydrogens is 189 g/mol. The summed E-state index contributed by atoms with van der Waals surface area (Å²) in [5.74, 6) is -2.38. The van der Waals surface area contributed by atoms with Crippen molar-refractivity contribution in [3.05, 3.63) is 29.6 Å². The first-order valence-electron chi connectivity index (χ1n) is 3.03. The lowest BCUT2D eigenvalue weighted by atomic mass is 10.2. The zero-order valence-electron chi connectivity index (χ0n) is 5.89. The van der Waals surface area contributed by atoms with E-state index in [1.54, 1.807) is 0 Å². The summed E-state index contributed by atoms with van der Waals surface area (Å²) in [4.78, 5) is 24.2. The number of nitrogens with zero attached hydrogens (tertiary/aromatic N) is 1. The number of carbonyl (C=O) groups is 2. The fourth-order valence-electron chi connectivity index (χ4n) is 0.674. The van der Waals surface area contributed by atoms with Crippen LogP contribution in [-0.2, 0) is 0 Å². The van der Waals surface area contributed by atoms with Crippen LogP contribution in [0.1, 0.15) is 20.7 Å². The standard InChI is InChI=1S/C7H5NO4.Al.3H/c9-6(10)4-1-5(7(11)12)3-8-2-4;;;;/h1-3H,(H,9,10)(H,11,12);;;;. The van der Waals surface area contributed by atoms with Gasteiger partial charge in [-0.05, 0) is 6.07 Å². The Bertz CT molecular complexity index is 310. The van der Waals surface area contributed by atoms with Gasteiger partial charge in [-0.1, -0.05) is 0 Å². The van der Waals surface area contributed by atoms with Crippen molar-refractivity contribution in [2.24, 2.45) is 0 Å². The Kier molecular flexibility index (Phi) is 4.11. The van der Waals surface area contributed by atoms with Crippen LogP contribution in [0.4, 0.5) is 0 Å². The number of aromatic nitrogens is 1. The zero-order chi connectivity index (χ0) is 9.14. The number of pyridine rings is 1. The Morgan fingerprint density at radius 3 is 1.77 bits per heavy atom. The van der Waals surface area contributed by atoms with Crippen molar-refractivity contribution in [1.29, 1.82) is 0 Å². The number of carboxylic acids is 2. The molecule has 6 heteroatoms. The molecule has 0 fully saturated rings. The molecule has 0 unspecified atom stereocenters. The minimum absolute atomic E-state index is 0. The molecule has 1 heterocycles. The Balaban J connectivity index is 0.00000144. The third-order valence-electron chi connectivity index (χ3n) is 1.23. The summed E-state index contributed by atoms with van der Waals surface area (Å²) >= 11 is 0. The SMILES string of the molecule is O=C(O)c1cncc(C(=O)O)c1.[AlH3]. The van der Waals surface area contributed by atoms with E-state index in [-0.39, 0.29) is 28.5 Å². The van der Waals surface area contributed by atoms with Gasteiger partial charge in [-0.15, -0.1) is 0 Å². The summed E-state index contributed by atoms with van der Waals surface area (Å²) in [7, 11) is 0. The van der Waals surface area contributed by atoms with Crippen molar-refractivity contribution in [3.8, 4) is 0 Å².